The Morgan fingerprint density at radius 1 is 1.02 bits per heavy atom. The van der Waals surface area contributed by atoms with E-state index in [1.807, 2.05) is 79.3 Å². The number of nitrogens with zero attached hydrogens (tertiary/aromatic N) is 3. The summed E-state index contributed by atoms with van der Waals surface area (Å²) in [5.74, 6) is -3.94. The smallest absolute Gasteiger partial charge is 0.410 e. The van der Waals surface area contributed by atoms with E-state index in [-0.39, 0.29) is 56.4 Å². The zero-order chi connectivity index (χ0) is 44.7. The van der Waals surface area contributed by atoms with Gasteiger partial charge in [-0.2, -0.15) is 0 Å². The van der Waals surface area contributed by atoms with E-state index in [0.29, 0.717) is 12.8 Å². The molecule has 3 saturated heterocycles. The average Bonchev–Trinajstić information content (AvgIpc) is 3.52. The number of amides is 3. The standard InChI is InChI=1S/C44H71N5O11/c1-14-34-44(8)37(46-41(53)60-44)30(6)49(42(54)56-25-31-18-16-15-17-19-31)23-26(2)21-43(7,55-13)38(28(4)36(51)29(5)39(52)58-34)59-40-27(3)33(48(11)12)20-32(57-40)22-45-35(50)24-47(9)10/h15-19,26-30,32-34,37-38,40H,14,20-25H2,1-13H3,(H,45,50)(H,46,53)/t26-,27?,28+,29?,30-,32?,33?,34-,37-,38-,40+,43-,44-/m1/s1. The molecule has 13 atom stereocenters. The fraction of sp³-hybridized carbons (Fsp3) is 0.750. The van der Waals surface area contributed by atoms with Crippen LogP contribution >= 0.6 is 0 Å². The van der Waals surface area contributed by atoms with E-state index in [4.69, 9.17) is 28.4 Å². The lowest BCUT2D eigenvalue weighted by atomic mass is 9.78. The Hall–Kier alpha value is -3.83. The Bertz CT molecular complexity index is 1630. The summed E-state index contributed by atoms with van der Waals surface area (Å²) in [5, 5.41) is 5.87. The first kappa shape index (κ1) is 48.8. The van der Waals surface area contributed by atoms with Gasteiger partial charge in [-0.05, 0) is 86.6 Å². The highest BCUT2D eigenvalue weighted by Crippen LogP contribution is 2.39. The highest BCUT2D eigenvalue weighted by Gasteiger charge is 2.57. The van der Waals surface area contributed by atoms with Gasteiger partial charge in [0.15, 0.2) is 17.7 Å². The van der Waals surface area contributed by atoms with E-state index < -0.39 is 83.7 Å². The first-order chi connectivity index (χ1) is 28.1. The zero-order valence-electron chi connectivity index (χ0n) is 38.0. The van der Waals surface area contributed by atoms with Crippen molar-refractivity contribution < 1.29 is 52.4 Å². The number of nitrogens with one attached hydrogen (secondary N) is 2. The van der Waals surface area contributed by atoms with E-state index in [0.717, 1.165) is 5.56 Å². The second-order valence-electron chi connectivity index (χ2n) is 18.1. The van der Waals surface area contributed by atoms with Gasteiger partial charge in [0.2, 0.25) is 5.91 Å². The number of ketones is 1. The normalized spacial score (nSPS) is 35.8. The third-order valence-corrected chi connectivity index (χ3v) is 12.7. The van der Waals surface area contributed by atoms with Crippen LogP contribution in [0.4, 0.5) is 9.59 Å². The van der Waals surface area contributed by atoms with Gasteiger partial charge < -0.3 is 53.8 Å². The largest absolute Gasteiger partial charge is 0.458 e. The quantitative estimate of drug-likeness (QED) is 0.184. The van der Waals surface area contributed by atoms with Gasteiger partial charge in [-0.3, -0.25) is 14.4 Å². The van der Waals surface area contributed by atoms with Crippen LogP contribution in [0, 0.1) is 23.7 Å². The van der Waals surface area contributed by atoms with Gasteiger partial charge in [-0.15, -0.1) is 0 Å². The SMILES string of the molecule is CC[C@H]1OC(=O)C(C)C(=O)[C@H](C)[C@@H](O[C@@H]2OC(CNC(=O)CN(C)C)CC(N(C)C)C2C)[C@](C)(OC)C[C@@H](C)CN(C(=O)OCc2ccccc2)[C@H](C)[C@H]2NC(=O)O[C@@]21C. The monoisotopic (exact) mass is 846 g/mol. The number of Topliss-reactive ketones (excluding diaryl/α,β-unsaturated/α-hetero) is 1. The topological polar surface area (TPSA) is 175 Å². The predicted octanol–water partition coefficient (Wildman–Crippen LogP) is 4.23. The molecule has 1 aromatic carbocycles. The van der Waals surface area contributed by atoms with Crippen LogP contribution in [0.1, 0.15) is 80.2 Å². The fourth-order valence-electron chi connectivity index (χ4n) is 9.24. The minimum Gasteiger partial charge on any atom is -0.458 e. The van der Waals surface area contributed by atoms with E-state index in [1.165, 1.54) is 6.92 Å². The molecule has 4 unspecified atom stereocenters. The van der Waals surface area contributed by atoms with Gasteiger partial charge in [-0.25, -0.2) is 9.59 Å². The van der Waals surface area contributed by atoms with Crippen LogP contribution in [0.5, 0.6) is 0 Å². The lowest BCUT2D eigenvalue weighted by Gasteiger charge is -2.48. The van der Waals surface area contributed by atoms with E-state index in [1.54, 1.807) is 44.6 Å². The number of carbonyl (C=O) groups is 5. The third-order valence-electron chi connectivity index (χ3n) is 12.7. The number of benzene rings is 1. The van der Waals surface area contributed by atoms with Gasteiger partial charge >= 0.3 is 18.2 Å². The molecule has 0 bridgehead atoms. The number of hydrogen-bond donors (Lipinski definition) is 2. The predicted molar refractivity (Wildman–Crippen MR) is 224 cm³/mol. The molecule has 4 rings (SSSR count). The van der Waals surface area contributed by atoms with Crippen molar-refractivity contribution in [1.82, 2.24) is 25.3 Å². The van der Waals surface area contributed by atoms with Crippen LogP contribution < -0.4 is 10.6 Å². The highest BCUT2D eigenvalue weighted by atomic mass is 16.7. The summed E-state index contributed by atoms with van der Waals surface area (Å²) >= 11 is 0. The molecular weight excluding hydrogens is 775 g/mol. The van der Waals surface area contributed by atoms with Crippen molar-refractivity contribution in [1.29, 1.82) is 0 Å². The van der Waals surface area contributed by atoms with Gasteiger partial charge in [-0.1, -0.05) is 58.0 Å². The van der Waals surface area contributed by atoms with Gasteiger partial charge in [0, 0.05) is 38.1 Å². The molecule has 60 heavy (non-hydrogen) atoms. The molecular formula is C44H71N5O11. The lowest BCUT2D eigenvalue weighted by Crippen LogP contribution is -2.61. The molecule has 0 aliphatic carbocycles. The van der Waals surface area contributed by atoms with E-state index >= 15 is 0 Å². The van der Waals surface area contributed by atoms with Crippen molar-refractivity contribution in [3.8, 4) is 0 Å². The Labute approximate surface area is 356 Å². The zero-order valence-corrected chi connectivity index (χ0v) is 38.0. The first-order valence-electron chi connectivity index (χ1n) is 21.3. The molecule has 0 aromatic heterocycles. The molecule has 3 amide bonds. The minimum atomic E-state index is -1.41. The van der Waals surface area contributed by atoms with Crippen molar-refractivity contribution >= 4 is 29.8 Å². The molecule has 338 valence electrons. The number of alkyl carbamates (subject to hydrolysis) is 1. The van der Waals surface area contributed by atoms with Crippen molar-refractivity contribution in [2.24, 2.45) is 23.7 Å². The Morgan fingerprint density at radius 3 is 2.28 bits per heavy atom. The number of esters is 1. The molecule has 2 N–H and O–H groups in total. The molecule has 3 fully saturated rings. The summed E-state index contributed by atoms with van der Waals surface area (Å²) in [6, 6.07) is 7.80. The molecule has 3 heterocycles. The number of methoxy groups -OCH3 is 1. The van der Waals surface area contributed by atoms with Crippen molar-refractivity contribution in [2.45, 2.75) is 135 Å². The van der Waals surface area contributed by atoms with Crippen molar-refractivity contribution in [3.63, 3.8) is 0 Å². The van der Waals surface area contributed by atoms with Crippen LogP contribution in [0.3, 0.4) is 0 Å². The average molecular weight is 846 g/mol. The number of ether oxygens (including phenoxy) is 6. The second kappa shape index (κ2) is 20.8. The molecule has 0 spiro atoms. The van der Waals surface area contributed by atoms with Crippen LogP contribution in [0.25, 0.3) is 0 Å². The molecule has 1 aromatic rings. The number of carbonyl (C=O) groups excluding carboxylic acids is 5. The van der Waals surface area contributed by atoms with Crippen molar-refractivity contribution in [2.75, 3.05) is 54.9 Å². The maximum Gasteiger partial charge on any atom is 0.410 e. The highest BCUT2D eigenvalue weighted by molar-refractivity contribution is 6.00. The van der Waals surface area contributed by atoms with Gasteiger partial charge in [0.1, 0.15) is 18.6 Å². The number of hydrogen-bond acceptors (Lipinski definition) is 13. The Kier molecular flexibility index (Phi) is 16.9. The fourth-order valence-corrected chi connectivity index (χ4v) is 9.24. The van der Waals surface area contributed by atoms with Crippen LogP contribution in [-0.2, 0) is 49.4 Å². The number of fused-ring (bicyclic) bond motifs is 1. The summed E-state index contributed by atoms with van der Waals surface area (Å²) in [5.41, 5.74) is -1.78. The summed E-state index contributed by atoms with van der Waals surface area (Å²) in [4.78, 5) is 73.9. The van der Waals surface area contributed by atoms with Gasteiger partial charge in [0.25, 0.3) is 0 Å². The van der Waals surface area contributed by atoms with E-state index in [9.17, 15) is 24.0 Å². The number of likely N-dealkylation sites (N-methyl/N-ethyl adjacent to an activating group) is 1. The molecule has 0 radical (unpaired) electrons. The van der Waals surface area contributed by atoms with Crippen LogP contribution in [0.2, 0.25) is 0 Å². The lowest BCUT2D eigenvalue weighted by molar-refractivity contribution is -0.282. The number of cyclic esters (lactones) is 1. The van der Waals surface area contributed by atoms with Crippen LogP contribution in [0.15, 0.2) is 30.3 Å². The van der Waals surface area contributed by atoms with Crippen molar-refractivity contribution in [3.05, 3.63) is 35.9 Å². The maximum absolute atomic E-state index is 14.5. The first-order valence-corrected chi connectivity index (χ1v) is 21.3. The summed E-state index contributed by atoms with van der Waals surface area (Å²) in [6.45, 7) is 15.1. The molecule has 0 saturated carbocycles. The minimum absolute atomic E-state index is 0.000778. The van der Waals surface area contributed by atoms with Gasteiger partial charge in [0.05, 0.1) is 36.4 Å². The second-order valence-corrected chi connectivity index (χ2v) is 18.1. The summed E-state index contributed by atoms with van der Waals surface area (Å²) in [6.07, 6.45) is -3.29. The molecule has 3 aliphatic heterocycles. The maximum atomic E-state index is 14.5. The van der Waals surface area contributed by atoms with Crippen LogP contribution in [-0.4, -0.2) is 153 Å². The molecule has 16 heteroatoms. The Morgan fingerprint density at radius 2 is 1.68 bits per heavy atom. The number of rotatable bonds is 11. The van der Waals surface area contributed by atoms with E-state index in [2.05, 4.69) is 15.5 Å². The summed E-state index contributed by atoms with van der Waals surface area (Å²) in [7, 11) is 9.18. The summed E-state index contributed by atoms with van der Waals surface area (Å²) < 4.78 is 37.9. The molecule has 3 aliphatic rings. The molecule has 16 nitrogen and oxygen atoms in total. The Balaban J connectivity index is 1.76. The third kappa shape index (κ3) is 11.5.